The van der Waals surface area contributed by atoms with Crippen LogP contribution in [0.3, 0.4) is 0 Å². The summed E-state index contributed by atoms with van der Waals surface area (Å²) >= 11 is 1.73. The number of aliphatic imine (C=N–C) groups is 1. The SMILES string of the molecule is Cc1cnc(CCNC(=NCc2nnc(C)n2C)NC2CCOc3ccccc32)s1.I. The Balaban J connectivity index is 0.00000272. The van der Waals surface area contributed by atoms with Crippen LogP contribution in [0, 0.1) is 13.8 Å². The van der Waals surface area contributed by atoms with E-state index in [1.165, 1.54) is 4.88 Å². The highest BCUT2D eigenvalue weighted by molar-refractivity contribution is 14.0. The fourth-order valence-corrected chi connectivity index (χ4v) is 4.14. The first-order valence-corrected chi connectivity index (χ1v) is 10.9. The zero-order valence-corrected chi connectivity index (χ0v) is 21.1. The Kier molecular flexibility index (Phi) is 8.24. The Morgan fingerprint density at radius 2 is 2.13 bits per heavy atom. The number of benzene rings is 1. The van der Waals surface area contributed by atoms with Gasteiger partial charge in [-0.05, 0) is 19.9 Å². The summed E-state index contributed by atoms with van der Waals surface area (Å²) in [5.41, 5.74) is 1.16. The number of fused-ring (bicyclic) bond motifs is 1. The number of thiazole rings is 1. The molecule has 3 aromatic rings. The summed E-state index contributed by atoms with van der Waals surface area (Å²) in [4.78, 5) is 10.5. The Morgan fingerprint density at radius 1 is 1.29 bits per heavy atom. The van der Waals surface area contributed by atoms with Gasteiger partial charge in [0.15, 0.2) is 11.8 Å². The van der Waals surface area contributed by atoms with Crippen molar-refractivity contribution in [3.8, 4) is 5.75 Å². The van der Waals surface area contributed by atoms with Gasteiger partial charge in [0.25, 0.3) is 0 Å². The maximum Gasteiger partial charge on any atom is 0.192 e. The van der Waals surface area contributed by atoms with Gasteiger partial charge in [0, 0.05) is 43.1 Å². The smallest absolute Gasteiger partial charge is 0.192 e. The number of hydrogen-bond acceptors (Lipinski definition) is 6. The van der Waals surface area contributed by atoms with E-state index in [0.717, 1.165) is 53.3 Å². The minimum atomic E-state index is 0. The monoisotopic (exact) mass is 553 g/mol. The van der Waals surface area contributed by atoms with Gasteiger partial charge in [-0.3, -0.25) is 0 Å². The van der Waals surface area contributed by atoms with Crippen molar-refractivity contribution >= 4 is 41.3 Å². The molecule has 1 aliphatic heterocycles. The number of aromatic nitrogens is 4. The number of guanidine groups is 1. The molecular formula is C21H28IN7OS. The van der Waals surface area contributed by atoms with Crippen LogP contribution in [0.15, 0.2) is 35.5 Å². The van der Waals surface area contributed by atoms with Gasteiger partial charge in [0.05, 0.1) is 17.7 Å². The largest absolute Gasteiger partial charge is 0.493 e. The predicted octanol–water partition coefficient (Wildman–Crippen LogP) is 3.31. The molecule has 1 atom stereocenters. The van der Waals surface area contributed by atoms with Crippen LogP contribution in [-0.2, 0) is 20.0 Å². The summed E-state index contributed by atoms with van der Waals surface area (Å²) in [6.07, 6.45) is 3.65. The van der Waals surface area contributed by atoms with E-state index in [4.69, 9.17) is 9.73 Å². The average molecular weight is 553 g/mol. The third kappa shape index (κ3) is 5.94. The quantitative estimate of drug-likeness (QED) is 0.277. The molecule has 0 bridgehead atoms. The van der Waals surface area contributed by atoms with Gasteiger partial charge in [-0.15, -0.1) is 45.5 Å². The summed E-state index contributed by atoms with van der Waals surface area (Å²) in [7, 11) is 1.96. The topological polar surface area (TPSA) is 89.3 Å². The molecule has 3 heterocycles. The molecule has 0 fully saturated rings. The van der Waals surface area contributed by atoms with Crippen LogP contribution < -0.4 is 15.4 Å². The minimum absolute atomic E-state index is 0. The molecule has 166 valence electrons. The first-order valence-electron chi connectivity index (χ1n) is 10.1. The van der Waals surface area contributed by atoms with E-state index >= 15 is 0 Å². The van der Waals surface area contributed by atoms with Crippen molar-refractivity contribution in [2.24, 2.45) is 12.0 Å². The van der Waals surface area contributed by atoms with E-state index < -0.39 is 0 Å². The highest BCUT2D eigenvalue weighted by Crippen LogP contribution is 2.31. The lowest BCUT2D eigenvalue weighted by atomic mass is 10.0. The first kappa shape index (κ1) is 23.5. The van der Waals surface area contributed by atoms with Crippen LogP contribution in [0.5, 0.6) is 5.75 Å². The first-order chi connectivity index (χ1) is 14.6. The molecule has 31 heavy (non-hydrogen) atoms. The molecule has 2 N–H and O–H groups in total. The molecular weight excluding hydrogens is 525 g/mol. The second-order valence-corrected chi connectivity index (χ2v) is 8.62. The molecule has 0 saturated carbocycles. The number of hydrogen-bond donors (Lipinski definition) is 2. The summed E-state index contributed by atoms with van der Waals surface area (Å²) in [6.45, 7) is 5.90. The van der Waals surface area contributed by atoms with Gasteiger partial charge in [-0.25, -0.2) is 9.98 Å². The molecule has 0 saturated heterocycles. The Morgan fingerprint density at radius 3 is 2.87 bits per heavy atom. The van der Waals surface area contributed by atoms with Gasteiger partial charge >= 0.3 is 0 Å². The van der Waals surface area contributed by atoms with E-state index in [1.807, 2.05) is 42.9 Å². The highest BCUT2D eigenvalue weighted by Gasteiger charge is 2.22. The molecule has 4 rings (SSSR count). The van der Waals surface area contributed by atoms with Crippen LogP contribution in [0.25, 0.3) is 0 Å². The van der Waals surface area contributed by atoms with E-state index in [9.17, 15) is 0 Å². The average Bonchev–Trinajstić information content (AvgIpc) is 3.31. The number of para-hydroxylation sites is 1. The number of aryl methyl sites for hydroxylation is 2. The standard InChI is InChI=1S/C21H27N7OS.HI/c1-14-12-23-20(30-14)8-10-22-21(24-13-19-27-26-15(2)28(19)3)25-17-9-11-29-18-7-5-4-6-16(17)18;/h4-7,12,17H,8-11,13H2,1-3H3,(H2,22,24,25);1H. The fraction of sp³-hybridized carbons (Fsp3) is 0.429. The lowest BCUT2D eigenvalue weighted by Gasteiger charge is -2.28. The maximum absolute atomic E-state index is 5.80. The molecule has 1 aliphatic rings. The minimum Gasteiger partial charge on any atom is -0.493 e. The Bertz CT molecular complexity index is 1030. The molecule has 0 aliphatic carbocycles. The summed E-state index contributed by atoms with van der Waals surface area (Å²) in [5.74, 6) is 3.39. The summed E-state index contributed by atoms with van der Waals surface area (Å²) in [6, 6.07) is 8.30. The number of nitrogens with zero attached hydrogens (tertiary/aromatic N) is 5. The summed E-state index contributed by atoms with van der Waals surface area (Å²) < 4.78 is 7.76. The predicted molar refractivity (Wildman–Crippen MR) is 133 cm³/mol. The van der Waals surface area contributed by atoms with Gasteiger partial charge in [0.1, 0.15) is 18.1 Å². The van der Waals surface area contributed by atoms with E-state index in [0.29, 0.717) is 13.2 Å². The second-order valence-electron chi connectivity index (χ2n) is 7.30. The highest BCUT2D eigenvalue weighted by atomic mass is 127. The van der Waals surface area contributed by atoms with Gasteiger partial charge in [0.2, 0.25) is 0 Å². The Hall–Kier alpha value is -2.21. The molecule has 10 heteroatoms. The lowest BCUT2D eigenvalue weighted by molar-refractivity contribution is 0.261. The van der Waals surface area contributed by atoms with Crippen LogP contribution in [0.2, 0.25) is 0 Å². The van der Waals surface area contributed by atoms with Crippen LogP contribution in [0.4, 0.5) is 0 Å². The third-order valence-electron chi connectivity index (χ3n) is 5.13. The number of halogens is 1. The zero-order chi connectivity index (χ0) is 20.9. The van der Waals surface area contributed by atoms with Crippen molar-refractivity contribution in [3.05, 3.63) is 57.6 Å². The number of rotatable bonds is 6. The zero-order valence-electron chi connectivity index (χ0n) is 18.0. The third-order valence-corrected chi connectivity index (χ3v) is 6.10. The second kappa shape index (κ2) is 10.9. The molecule has 0 amide bonds. The fourth-order valence-electron chi connectivity index (χ4n) is 3.35. The van der Waals surface area contributed by atoms with Crippen LogP contribution in [0.1, 0.15) is 39.6 Å². The van der Waals surface area contributed by atoms with Gasteiger partial charge < -0.3 is 19.9 Å². The van der Waals surface area contributed by atoms with Crippen molar-refractivity contribution in [2.75, 3.05) is 13.2 Å². The number of ether oxygens (including phenoxy) is 1. The van der Waals surface area contributed by atoms with E-state index in [-0.39, 0.29) is 30.0 Å². The molecule has 2 aromatic heterocycles. The van der Waals surface area contributed by atoms with Crippen molar-refractivity contribution < 1.29 is 4.74 Å². The Labute approximate surface area is 203 Å². The van der Waals surface area contributed by atoms with Gasteiger partial charge in [-0.2, -0.15) is 0 Å². The molecule has 8 nitrogen and oxygen atoms in total. The maximum atomic E-state index is 5.80. The molecule has 1 unspecified atom stereocenters. The van der Waals surface area contributed by atoms with Crippen molar-refractivity contribution in [2.45, 2.75) is 39.3 Å². The summed E-state index contributed by atoms with van der Waals surface area (Å²) in [5, 5.41) is 16.5. The van der Waals surface area contributed by atoms with Crippen molar-refractivity contribution in [3.63, 3.8) is 0 Å². The van der Waals surface area contributed by atoms with Crippen LogP contribution in [-0.4, -0.2) is 38.9 Å². The van der Waals surface area contributed by atoms with E-state index in [2.05, 4.69) is 38.8 Å². The number of nitrogens with one attached hydrogen (secondary N) is 2. The normalized spacial score (nSPS) is 15.6. The van der Waals surface area contributed by atoms with Gasteiger partial charge in [-0.1, -0.05) is 18.2 Å². The molecule has 0 spiro atoms. The van der Waals surface area contributed by atoms with Crippen LogP contribution >= 0.6 is 35.3 Å². The van der Waals surface area contributed by atoms with E-state index in [1.54, 1.807) is 11.3 Å². The van der Waals surface area contributed by atoms with Crippen molar-refractivity contribution in [1.82, 2.24) is 30.4 Å². The molecule has 0 radical (unpaired) electrons. The lowest BCUT2D eigenvalue weighted by Crippen LogP contribution is -2.42. The molecule has 1 aromatic carbocycles. The van der Waals surface area contributed by atoms with Crippen molar-refractivity contribution in [1.29, 1.82) is 0 Å².